The van der Waals surface area contributed by atoms with Crippen LogP contribution in [0.25, 0.3) is 0 Å². The predicted molar refractivity (Wildman–Crippen MR) is 81.9 cm³/mol. The number of hydrogen-bond acceptors (Lipinski definition) is 2. The zero-order chi connectivity index (χ0) is 13.8. The van der Waals surface area contributed by atoms with Crippen LogP contribution < -0.4 is 10.5 Å². The van der Waals surface area contributed by atoms with Gasteiger partial charge in [0.15, 0.2) is 0 Å². The lowest BCUT2D eigenvalue weighted by molar-refractivity contribution is 0.290. The summed E-state index contributed by atoms with van der Waals surface area (Å²) in [5.41, 5.74) is 8.79. The maximum Gasteiger partial charge on any atom is 0.119 e. The number of rotatable bonds is 5. The Bertz CT molecular complexity index is 531. The van der Waals surface area contributed by atoms with Crippen LogP contribution in [0.2, 0.25) is 0 Å². The van der Waals surface area contributed by atoms with Crippen LogP contribution in [0.3, 0.4) is 0 Å². The van der Waals surface area contributed by atoms with Gasteiger partial charge in [-0.25, -0.2) is 0 Å². The molecule has 1 atom stereocenters. The Morgan fingerprint density at radius 1 is 1.00 bits per heavy atom. The van der Waals surface area contributed by atoms with Gasteiger partial charge in [0.2, 0.25) is 0 Å². The second kappa shape index (κ2) is 6.10. The number of benzene rings is 2. The average molecular weight is 267 g/mol. The van der Waals surface area contributed by atoms with E-state index in [4.69, 9.17) is 10.5 Å². The van der Waals surface area contributed by atoms with Crippen molar-refractivity contribution >= 4 is 0 Å². The SMILES string of the molecule is NC(COc1ccccc1)c1ccc(C2CCC2)cc1. The third-order valence-electron chi connectivity index (χ3n) is 4.11. The summed E-state index contributed by atoms with van der Waals surface area (Å²) in [5, 5.41) is 0. The van der Waals surface area contributed by atoms with Crippen molar-refractivity contribution in [1.82, 2.24) is 0 Å². The summed E-state index contributed by atoms with van der Waals surface area (Å²) < 4.78 is 5.71. The van der Waals surface area contributed by atoms with E-state index in [0.717, 1.165) is 17.2 Å². The first-order valence-corrected chi connectivity index (χ1v) is 7.36. The van der Waals surface area contributed by atoms with E-state index in [1.807, 2.05) is 30.3 Å². The Morgan fingerprint density at radius 3 is 2.30 bits per heavy atom. The van der Waals surface area contributed by atoms with Gasteiger partial charge in [0.25, 0.3) is 0 Å². The van der Waals surface area contributed by atoms with Crippen molar-refractivity contribution in [3.63, 3.8) is 0 Å². The molecular formula is C18H21NO. The van der Waals surface area contributed by atoms with Crippen LogP contribution in [0, 0.1) is 0 Å². The molecule has 0 bridgehead atoms. The third kappa shape index (κ3) is 3.02. The minimum absolute atomic E-state index is 0.0781. The van der Waals surface area contributed by atoms with Crippen molar-refractivity contribution < 1.29 is 4.74 Å². The standard InChI is InChI=1S/C18H21NO/c19-18(13-20-17-7-2-1-3-8-17)16-11-9-15(10-12-16)14-5-4-6-14/h1-3,7-12,14,18H,4-6,13,19H2. The Hall–Kier alpha value is -1.80. The van der Waals surface area contributed by atoms with Crippen molar-refractivity contribution in [3.8, 4) is 5.75 Å². The summed E-state index contributed by atoms with van der Waals surface area (Å²) in [6, 6.07) is 18.5. The molecule has 3 rings (SSSR count). The van der Waals surface area contributed by atoms with E-state index in [2.05, 4.69) is 24.3 Å². The maximum absolute atomic E-state index is 6.19. The van der Waals surface area contributed by atoms with E-state index < -0.39 is 0 Å². The second-order valence-electron chi connectivity index (χ2n) is 5.53. The molecule has 2 N–H and O–H groups in total. The summed E-state index contributed by atoms with van der Waals surface area (Å²) >= 11 is 0. The van der Waals surface area contributed by atoms with Crippen LogP contribution >= 0.6 is 0 Å². The van der Waals surface area contributed by atoms with Gasteiger partial charge in [-0.1, -0.05) is 48.9 Å². The van der Waals surface area contributed by atoms with Crippen LogP contribution in [-0.4, -0.2) is 6.61 Å². The topological polar surface area (TPSA) is 35.2 Å². The molecule has 0 aliphatic heterocycles. The minimum Gasteiger partial charge on any atom is -0.492 e. The summed E-state index contributed by atoms with van der Waals surface area (Å²) in [5.74, 6) is 1.65. The Morgan fingerprint density at radius 2 is 1.70 bits per heavy atom. The van der Waals surface area contributed by atoms with Crippen LogP contribution in [0.4, 0.5) is 0 Å². The minimum atomic E-state index is -0.0781. The molecule has 104 valence electrons. The van der Waals surface area contributed by atoms with E-state index in [-0.39, 0.29) is 6.04 Å². The summed E-state index contributed by atoms with van der Waals surface area (Å²) in [6.45, 7) is 0.507. The lowest BCUT2D eigenvalue weighted by Gasteiger charge is -2.26. The molecule has 1 fully saturated rings. The number of ether oxygens (including phenoxy) is 1. The molecule has 1 aliphatic rings. The van der Waals surface area contributed by atoms with E-state index in [9.17, 15) is 0 Å². The zero-order valence-corrected chi connectivity index (χ0v) is 11.7. The fourth-order valence-corrected chi connectivity index (χ4v) is 2.56. The second-order valence-corrected chi connectivity index (χ2v) is 5.53. The van der Waals surface area contributed by atoms with E-state index in [1.165, 1.54) is 24.8 Å². The molecule has 0 saturated heterocycles. The molecule has 20 heavy (non-hydrogen) atoms. The lowest BCUT2D eigenvalue weighted by atomic mass is 9.80. The van der Waals surface area contributed by atoms with Crippen molar-refractivity contribution in [2.45, 2.75) is 31.2 Å². The highest BCUT2D eigenvalue weighted by Gasteiger charge is 2.19. The van der Waals surface area contributed by atoms with Crippen LogP contribution in [-0.2, 0) is 0 Å². The van der Waals surface area contributed by atoms with Crippen molar-refractivity contribution in [2.24, 2.45) is 5.73 Å². The number of hydrogen-bond donors (Lipinski definition) is 1. The average Bonchev–Trinajstić information content (AvgIpc) is 2.45. The molecule has 0 amide bonds. The lowest BCUT2D eigenvalue weighted by Crippen LogP contribution is -2.19. The molecule has 0 radical (unpaired) electrons. The predicted octanol–water partition coefficient (Wildman–Crippen LogP) is 4.03. The van der Waals surface area contributed by atoms with E-state index in [1.54, 1.807) is 0 Å². The molecule has 1 aliphatic carbocycles. The molecule has 0 heterocycles. The van der Waals surface area contributed by atoms with Crippen LogP contribution in [0.15, 0.2) is 54.6 Å². The van der Waals surface area contributed by atoms with Gasteiger partial charge in [-0.3, -0.25) is 0 Å². The van der Waals surface area contributed by atoms with Gasteiger partial charge >= 0.3 is 0 Å². The fraction of sp³-hybridized carbons (Fsp3) is 0.333. The first kappa shape index (κ1) is 13.2. The van der Waals surface area contributed by atoms with Gasteiger partial charge in [0.1, 0.15) is 12.4 Å². The molecule has 1 saturated carbocycles. The summed E-state index contributed by atoms with van der Waals surface area (Å²) in [7, 11) is 0. The fourth-order valence-electron chi connectivity index (χ4n) is 2.56. The molecule has 2 aromatic rings. The Labute approximate surface area is 120 Å². The molecule has 2 nitrogen and oxygen atoms in total. The highest BCUT2D eigenvalue weighted by Crippen LogP contribution is 2.36. The molecule has 0 aromatic heterocycles. The zero-order valence-electron chi connectivity index (χ0n) is 11.7. The quantitative estimate of drug-likeness (QED) is 0.887. The Kier molecular flexibility index (Phi) is 4.03. The van der Waals surface area contributed by atoms with Crippen molar-refractivity contribution in [2.75, 3.05) is 6.61 Å². The number of para-hydroxylation sites is 1. The van der Waals surface area contributed by atoms with Gasteiger partial charge in [0, 0.05) is 0 Å². The normalized spacial score (nSPS) is 16.4. The van der Waals surface area contributed by atoms with Crippen LogP contribution in [0.1, 0.15) is 42.3 Å². The summed E-state index contributed by atoms with van der Waals surface area (Å²) in [4.78, 5) is 0. The summed E-state index contributed by atoms with van der Waals surface area (Å²) in [6.07, 6.45) is 4.04. The van der Waals surface area contributed by atoms with Crippen molar-refractivity contribution in [3.05, 3.63) is 65.7 Å². The maximum atomic E-state index is 6.19. The van der Waals surface area contributed by atoms with Gasteiger partial charge in [0.05, 0.1) is 6.04 Å². The molecule has 1 unspecified atom stereocenters. The van der Waals surface area contributed by atoms with Gasteiger partial charge in [-0.2, -0.15) is 0 Å². The number of nitrogens with two attached hydrogens (primary N) is 1. The van der Waals surface area contributed by atoms with Gasteiger partial charge < -0.3 is 10.5 Å². The van der Waals surface area contributed by atoms with Crippen LogP contribution in [0.5, 0.6) is 5.75 Å². The van der Waals surface area contributed by atoms with E-state index >= 15 is 0 Å². The molecule has 0 spiro atoms. The Balaban J connectivity index is 1.57. The monoisotopic (exact) mass is 267 g/mol. The van der Waals surface area contributed by atoms with Gasteiger partial charge in [-0.05, 0) is 42.0 Å². The first-order chi connectivity index (χ1) is 9.83. The third-order valence-corrected chi connectivity index (χ3v) is 4.11. The van der Waals surface area contributed by atoms with Crippen molar-refractivity contribution in [1.29, 1.82) is 0 Å². The molecular weight excluding hydrogens is 246 g/mol. The molecule has 2 aromatic carbocycles. The largest absolute Gasteiger partial charge is 0.492 e. The highest BCUT2D eigenvalue weighted by molar-refractivity contribution is 5.28. The first-order valence-electron chi connectivity index (χ1n) is 7.36. The van der Waals surface area contributed by atoms with Gasteiger partial charge in [-0.15, -0.1) is 0 Å². The highest BCUT2D eigenvalue weighted by atomic mass is 16.5. The molecule has 2 heteroatoms. The smallest absolute Gasteiger partial charge is 0.119 e. The van der Waals surface area contributed by atoms with E-state index in [0.29, 0.717) is 6.61 Å².